The van der Waals surface area contributed by atoms with Crippen molar-refractivity contribution in [1.29, 1.82) is 0 Å². The van der Waals surface area contributed by atoms with Gasteiger partial charge in [-0.25, -0.2) is 4.98 Å². The summed E-state index contributed by atoms with van der Waals surface area (Å²) in [4.78, 5) is 7.97. The van der Waals surface area contributed by atoms with E-state index in [2.05, 4.69) is 41.4 Å². The van der Waals surface area contributed by atoms with Crippen molar-refractivity contribution in [3.05, 3.63) is 18.2 Å². The molecule has 0 bridgehead atoms. The van der Waals surface area contributed by atoms with Gasteiger partial charge in [-0.1, -0.05) is 20.8 Å². The van der Waals surface area contributed by atoms with Gasteiger partial charge in [-0.3, -0.25) is 9.56 Å². The molecule has 23 heavy (non-hydrogen) atoms. The molecule has 0 radical (unpaired) electrons. The van der Waals surface area contributed by atoms with Crippen molar-refractivity contribution in [2.75, 3.05) is 20.7 Å². The lowest BCUT2D eigenvalue weighted by Crippen LogP contribution is -2.45. The maximum absolute atomic E-state index is 12.7. The quantitative estimate of drug-likeness (QED) is 0.402. The summed E-state index contributed by atoms with van der Waals surface area (Å²) in [6.07, 6.45) is 2.59. The summed E-state index contributed by atoms with van der Waals surface area (Å²) in [5.74, 6) is 0.757. The first-order valence-corrected chi connectivity index (χ1v) is 7.06. The predicted molar refractivity (Wildman–Crippen MR) is 97.3 cm³/mol. The van der Waals surface area contributed by atoms with Crippen LogP contribution in [0.2, 0.25) is 0 Å². The number of alkyl halides is 2. The second-order valence-electron chi connectivity index (χ2n) is 5.93. The number of aliphatic imine (C=N–C) groups is 1. The van der Waals surface area contributed by atoms with Crippen LogP contribution in [0.1, 0.15) is 33.1 Å². The van der Waals surface area contributed by atoms with E-state index in [1.54, 1.807) is 14.2 Å². The number of halogens is 3. The monoisotopic (exact) mass is 445 g/mol. The summed E-state index contributed by atoms with van der Waals surface area (Å²) in [5.41, 5.74) is -0.0213. The summed E-state index contributed by atoms with van der Waals surface area (Å²) < 4.78 is 31.7. The molecule has 0 saturated carbocycles. The number of aromatic nitrogens is 2. The number of ether oxygens (including phenoxy) is 1. The maximum atomic E-state index is 12.7. The van der Waals surface area contributed by atoms with E-state index in [0.717, 1.165) is 4.57 Å². The summed E-state index contributed by atoms with van der Waals surface area (Å²) >= 11 is 0. The average molecular weight is 445 g/mol. The Morgan fingerprint density at radius 1 is 1.39 bits per heavy atom. The van der Waals surface area contributed by atoms with Crippen LogP contribution in [-0.2, 0) is 11.3 Å². The minimum atomic E-state index is -2.60. The van der Waals surface area contributed by atoms with Crippen LogP contribution >= 0.6 is 24.0 Å². The van der Waals surface area contributed by atoms with E-state index in [4.69, 9.17) is 4.74 Å². The fraction of sp³-hybridized carbons (Fsp3) is 0.714. The molecule has 0 amide bonds. The van der Waals surface area contributed by atoms with E-state index < -0.39 is 6.55 Å². The Bertz CT molecular complexity index is 488. The zero-order valence-corrected chi connectivity index (χ0v) is 16.5. The molecular formula is C14H26F2IN5O. The number of methoxy groups -OCH3 is 1. The molecule has 2 N–H and O–H groups in total. The second-order valence-corrected chi connectivity index (χ2v) is 5.93. The molecule has 9 heteroatoms. The Morgan fingerprint density at radius 3 is 2.52 bits per heavy atom. The molecule has 0 aliphatic heterocycles. The second kappa shape index (κ2) is 10.0. The van der Waals surface area contributed by atoms with Gasteiger partial charge in [-0.15, -0.1) is 24.0 Å². The van der Waals surface area contributed by atoms with E-state index in [1.165, 1.54) is 12.4 Å². The van der Waals surface area contributed by atoms with Gasteiger partial charge < -0.3 is 15.4 Å². The van der Waals surface area contributed by atoms with Crippen molar-refractivity contribution < 1.29 is 13.5 Å². The first-order valence-electron chi connectivity index (χ1n) is 7.06. The van der Waals surface area contributed by atoms with Crippen LogP contribution in [0.25, 0.3) is 0 Å². The zero-order chi connectivity index (χ0) is 16.8. The number of hydrogen-bond donors (Lipinski definition) is 2. The Balaban J connectivity index is 0.00000484. The summed E-state index contributed by atoms with van der Waals surface area (Å²) in [6.45, 7) is 4.36. The smallest absolute Gasteiger partial charge is 0.319 e. The maximum Gasteiger partial charge on any atom is 0.319 e. The van der Waals surface area contributed by atoms with E-state index in [1.807, 2.05) is 0 Å². The highest BCUT2D eigenvalue weighted by Gasteiger charge is 2.24. The molecule has 1 atom stereocenters. The molecule has 134 valence electrons. The van der Waals surface area contributed by atoms with Gasteiger partial charge in [0.1, 0.15) is 5.82 Å². The molecule has 1 heterocycles. The van der Waals surface area contributed by atoms with Crippen LogP contribution in [0.3, 0.4) is 0 Å². The van der Waals surface area contributed by atoms with Crippen LogP contribution in [0.15, 0.2) is 17.4 Å². The molecular weight excluding hydrogens is 419 g/mol. The molecule has 1 aromatic heterocycles. The predicted octanol–water partition coefficient (Wildman–Crippen LogP) is 2.62. The SMILES string of the molecule is CN=C(NCc1nccn1C(F)F)NCC(OC)C(C)(C)C.I. The Hall–Kier alpha value is -0.970. The van der Waals surface area contributed by atoms with E-state index in [0.29, 0.717) is 12.5 Å². The third kappa shape index (κ3) is 6.98. The van der Waals surface area contributed by atoms with E-state index in [9.17, 15) is 8.78 Å². The highest BCUT2D eigenvalue weighted by molar-refractivity contribution is 14.0. The number of hydrogen-bond acceptors (Lipinski definition) is 3. The fourth-order valence-corrected chi connectivity index (χ4v) is 1.97. The summed E-state index contributed by atoms with van der Waals surface area (Å²) in [5, 5.41) is 6.09. The number of nitrogens with zero attached hydrogens (tertiary/aromatic N) is 3. The molecule has 6 nitrogen and oxygen atoms in total. The van der Waals surface area contributed by atoms with Gasteiger partial charge in [0.05, 0.1) is 12.6 Å². The van der Waals surface area contributed by atoms with Crippen LogP contribution in [0, 0.1) is 5.41 Å². The van der Waals surface area contributed by atoms with Crippen molar-refractivity contribution in [3.63, 3.8) is 0 Å². The first kappa shape index (κ1) is 22.0. The summed E-state index contributed by atoms with van der Waals surface area (Å²) in [7, 11) is 3.28. The number of imidazole rings is 1. The van der Waals surface area contributed by atoms with Gasteiger partial charge in [0.2, 0.25) is 0 Å². The van der Waals surface area contributed by atoms with Gasteiger partial charge in [-0.05, 0) is 5.41 Å². The van der Waals surface area contributed by atoms with E-state index in [-0.39, 0.29) is 47.9 Å². The topological polar surface area (TPSA) is 63.5 Å². The molecule has 0 aliphatic rings. The van der Waals surface area contributed by atoms with Gasteiger partial charge in [0.15, 0.2) is 5.96 Å². The first-order chi connectivity index (χ1) is 10.3. The van der Waals surface area contributed by atoms with Gasteiger partial charge in [0, 0.05) is 33.1 Å². The normalized spacial score (nSPS) is 13.7. The van der Waals surface area contributed by atoms with Gasteiger partial charge in [0.25, 0.3) is 0 Å². The molecule has 0 aliphatic carbocycles. The van der Waals surface area contributed by atoms with Crippen LogP contribution in [-0.4, -0.2) is 42.3 Å². The minimum Gasteiger partial charge on any atom is -0.379 e. The van der Waals surface area contributed by atoms with Crippen molar-refractivity contribution in [1.82, 2.24) is 20.2 Å². The van der Waals surface area contributed by atoms with E-state index >= 15 is 0 Å². The Kier molecular flexibility index (Phi) is 9.59. The molecule has 0 saturated heterocycles. The van der Waals surface area contributed by atoms with Crippen LogP contribution < -0.4 is 10.6 Å². The number of nitrogens with one attached hydrogen (secondary N) is 2. The third-order valence-electron chi connectivity index (χ3n) is 3.30. The fourth-order valence-electron chi connectivity index (χ4n) is 1.97. The van der Waals surface area contributed by atoms with Gasteiger partial charge >= 0.3 is 6.55 Å². The third-order valence-corrected chi connectivity index (χ3v) is 3.30. The standard InChI is InChI=1S/C14H25F2N5O.HI/c1-14(2,3)10(22-5)8-19-13(17-4)20-9-11-18-6-7-21(11)12(15)16;/h6-7,10,12H,8-9H2,1-5H3,(H2,17,19,20);1H. The van der Waals surface area contributed by atoms with Gasteiger partial charge in [-0.2, -0.15) is 8.78 Å². The van der Waals surface area contributed by atoms with Crippen molar-refractivity contribution in [3.8, 4) is 0 Å². The largest absolute Gasteiger partial charge is 0.379 e. The molecule has 1 rings (SSSR count). The molecule has 0 spiro atoms. The zero-order valence-electron chi connectivity index (χ0n) is 14.1. The number of guanidine groups is 1. The molecule has 0 aromatic carbocycles. The lowest BCUT2D eigenvalue weighted by molar-refractivity contribution is 0.0205. The summed E-state index contributed by atoms with van der Waals surface area (Å²) in [6, 6.07) is 0. The lowest BCUT2D eigenvalue weighted by Gasteiger charge is -2.30. The lowest BCUT2D eigenvalue weighted by atomic mass is 9.89. The Morgan fingerprint density at radius 2 is 2.04 bits per heavy atom. The van der Waals surface area contributed by atoms with Crippen molar-refractivity contribution in [2.24, 2.45) is 10.4 Å². The average Bonchev–Trinajstić information content (AvgIpc) is 2.90. The highest BCUT2D eigenvalue weighted by atomic mass is 127. The van der Waals surface area contributed by atoms with Crippen molar-refractivity contribution in [2.45, 2.75) is 40.0 Å². The van der Waals surface area contributed by atoms with Crippen molar-refractivity contribution >= 4 is 29.9 Å². The molecule has 1 aromatic rings. The molecule has 0 fully saturated rings. The Labute approximate surface area is 153 Å². The molecule has 1 unspecified atom stereocenters. The number of rotatable bonds is 6. The van der Waals surface area contributed by atoms with Crippen LogP contribution in [0.4, 0.5) is 8.78 Å². The van der Waals surface area contributed by atoms with Crippen LogP contribution in [0.5, 0.6) is 0 Å². The minimum absolute atomic E-state index is 0. The highest BCUT2D eigenvalue weighted by Crippen LogP contribution is 2.20.